The molecule has 8 heteroatoms. The normalized spacial score (nSPS) is 13.0. The fourth-order valence-electron chi connectivity index (χ4n) is 1.63. The van der Waals surface area contributed by atoms with E-state index in [9.17, 15) is 9.59 Å². The number of carbonyl (C=O) groups is 2. The number of ether oxygens (including phenoxy) is 1. The maximum Gasteiger partial charge on any atom is 0.328 e. The lowest BCUT2D eigenvalue weighted by molar-refractivity contribution is -0.146. The van der Waals surface area contributed by atoms with Gasteiger partial charge in [0.25, 0.3) is 5.91 Å². The standard InChI is InChI=1S/C13H21N3O3S.ClH/c1-4-8(3)11(13(18)19-5-2)16-12(17)9-7-20-10(6-14)15-9;/h7-8,11H,4-6,14H2,1-3H3,(H,16,17);1H. The summed E-state index contributed by atoms with van der Waals surface area (Å²) in [5, 5.41) is 5.02. The molecule has 0 aliphatic heterocycles. The molecule has 0 fully saturated rings. The SMILES string of the molecule is CCOC(=O)C(NC(=O)c1csc(CN)n1)C(C)CC.Cl. The van der Waals surface area contributed by atoms with E-state index in [-0.39, 0.29) is 36.5 Å². The topological polar surface area (TPSA) is 94.3 Å². The number of hydrogen-bond acceptors (Lipinski definition) is 6. The van der Waals surface area contributed by atoms with Crippen molar-refractivity contribution in [3.8, 4) is 0 Å². The summed E-state index contributed by atoms with van der Waals surface area (Å²) in [7, 11) is 0. The monoisotopic (exact) mass is 335 g/mol. The van der Waals surface area contributed by atoms with Crippen molar-refractivity contribution < 1.29 is 14.3 Å². The van der Waals surface area contributed by atoms with Gasteiger partial charge in [0.2, 0.25) is 0 Å². The molecule has 0 aliphatic rings. The number of aromatic nitrogens is 1. The van der Waals surface area contributed by atoms with Gasteiger partial charge in [-0.05, 0) is 12.8 Å². The predicted octanol–water partition coefficient (Wildman–Crippen LogP) is 1.73. The Hall–Kier alpha value is -1.18. The van der Waals surface area contributed by atoms with Crippen molar-refractivity contribution >= 4 is 35.6 Å². The number of amides is 1. The Balaban J connectivity index is 0.00000400. The van der Waals surface area contributed by atoms with Gasteiger partial charge >= 0.3 is 5.97 Å². The fourth-order valence-corrected chi connectivity index (χ4v) is 2.28. The quantitative estimate of drug-likeness (QED) is 0.740. The second-order valence-electron chi connectivity index (χ2n) is 4.42. The molecule has 0 aliphatic carbocycles. The highest BCUT2D eigenvalue weighted by Crippen LogP contribution is 2.13. The summed E-state index contributed by atoms with van der Waals surface area (Å²) in [6.07, 6.45) is 0.759. The Bertz CT molecular complexity index is 467. The zero-order valence-electron chi connectivity index (χ0n) is 12.4. The van der Waals surface area contributed by atoms with Crippen molar-refractivity contribution in [1.29, 1.82) is 0 Å². The first-order valence-electron chi connectivity index (χ1n) is 6.65. The largest absolute Gasteiger partial charge is 0.464 e. The van der Waals surface area contributed by atoms with Gasteiger partial charge in [0, 0.05) is 11.9 Å². The Morgan fingerprint density at radius 1 is 1.48 bits per heavy atom. The van der Waals surface area contributed by atoms with Crippen LogP contribution in [0.4, 0.5) is 0 Å². The van der Waals surface area contributed by atoms with Crippen molar-refractivity contribution in [2.75, 3.05) is 6.61 Å². The summed E-state index contributed by atoms with van der Waals surface area (Å²) in [6, 6.07) is -0.657. The van der Waals surface area contributed by atoms with E-state index in [1.165, 1.54) is 11.3 Å². The minimum absolute atomic E-state index is 0. The number of carbonyl (C=O) groups excluding carboxylic acids is 2. The molecule has 3 N–H and O–H groups in total. The van der Waals surface area contributed by atoms with Gasteiger partial charge < -0.3 is 15.8 Å². The van der Waals surface area contributed by atoms with Crippen LogP contribution < -0.4 is 11.1 Å². The molecule has 0 spiro atoms. The smallest absolute Gasteiger partial charge is 0.328 e. The number of hydrogen-bond donors (Lipinski definition) is 2. The van der Waals surface area contributed by atoms with Crippen LogP contribution in [0, 0.1) is 5.92 Å². The number of nitrogens with two attached hydrogens (primary N) is 1. The van der Waals surface area contributed by atoms with Gasteiger partial charge in [-0.15, -0.1) is 23.7 Å². The van der Waals surface area contributed by atoms with Gasteiger partial charge in [0.05, 0.1) is 6.61 Å². The molecule has 6 nitrogen and oxygen atoms in total. The van der Waals surface area contributed by atoms with Gasteiger partial charge in [0.15, 0.2) is 0 Å². The molecule has 1 aromatic rings. The summed E-state index contributed by atoms with van der Waals surface area (Å²) < 4.78 is 5.00. The molecule has 1 heterocycles. The van der Waals surface area contributed by atoms with Crippen LogP contribution in [-0.2, 0) is 16.1 Å². The average molecular weight is 336 g/mol. The molecule has 1 aromatic heterocycles. The number of thiazole rings is 1. The number of halogens is 1. The maximum atomic E-state index is 12.1. The molecule has 21 heavy (non-hydrogen) atoms. The third-order valence-electron chi connectivity index (χ3n) is 3.00. The highest BCUT2D eigenvalue weighted by atomic mass is 35.5. The van der Waals surface area contributed by atoms with Crippen molar-refractivity contribution in [2.24, 2.45) is 11.7 Å². The van der Waals surface area contributed by atoms with Gasteiger partial charge in [-0.2, -0.15) is 0 Å². The number of nitrogens with zero attached hydrogens (tertiary/aromatic N) is 1. The van der Waals surface area contributed by atoms with Crippen LogP contribution in [0.15, 0.2) is 5.38 Å². The third kappa shape index (κ3) is 5.61. The molecule has 0 saturated heterocycles. The highest BCUT2D eigenvalue weighted by Gasteiger charge is 2.28. The fraction of sp³-hybridized carbons (Fsp3) is 0.615. The molecule has 0 bridgehead atoms. The van der Waals surface area contributed by atoms with Crippen molar-refractivity contribution in [2.45, 2.75) is 39.8 Å². The van der Waals surface area contributed by atoms with E-state index in [1.807, 2.05) is 13.8 Å². The third-order valence-corrected chi connectivity index (χ3v) is 3.87. The van der Waals surface area contributed by atoms with E-state index in [4.69, 9.17) is 10.5 Å². The minimum Gasteiger partial charge on any atom is -0.464 e. The summed E-state index contributed by atoms with van der Waals surface area (Å²) in [5.41, 5.74) is 5.75. The number of esters is 1. The predicted molar refractivity (Wildman–Crippen MR) is 84.6 cm³/mol. The number of nitrogens with one attached hydrogen (secondary N) is 1. The lowest BCUT2D eigenvalue weighted by Gasteiger charge is -2.21. The van der Waals surface area contributed by atoms with Gasteiger partial charge in [-0.3, -0.25) is 4.79 Å². The lowest BCUT2D eigenvalue weighted by Crippen LogP contribution is -2.46. The molecule has 2 unspecified atom stereocenters. The van der Waals surface area contributed by atoms with Gasteiger partial charge in [-0.25, -0.2) is 9.78 Å². The molecule has 2 atom stereocenters. The Morgan fingerprint density at radius 2 is 2.14 bits per heavy atom. The van der Waals surface area contributed by atoms with Crippen LogP contribution in [0.2, 0.25) is 0 Å². The van der Waals surface area contributed by atoms with Crippen molar-refractivity contribution in [1.82, 2.24) is 10.3 Å². The second-order valence-corrected chi connectivity index (χ2v) is 5.36. The minimum atomic E-state index is -0.657. The van der Waals surface area contributed by atoms with Crippen LogP contribution >= 0.6 is 23.7 Å². The number of rotatable bonds is 7. The lowest BCUT2D eigenvalue weighted by atomic mass is 9.99. The van der Waals surface area contributed by atoms with Crippen LogP contribution in [0.5, 0.6) is 0 Å². The molecule has 0 radical (unpaired) electrons. The molecule has 1 amide bonds. The zero-order chi connectivity index (χ0) is 15.1. The van der Waals surface area contributed by atoms with Crippen LogP contribution in [0.25, 0.3) is 0 Å². The molecule has 120 valence electrons. The van der Waals surface area contributed by atoms with Crippen molar-refractivity contribution in [3.05, 3.63) is 16.1 Å². The van der Waals surface area contributed by atoms with E-state index in [1.54, 1.807) is 12.3 Å². The first kappa shape index (κ1) is 19.8. The Kier molecular flexibility index (Phi) is 9.16. The van der Waals surface area contributed by atoms with E-state index in [0.717, 1.165) is 6.42 Å². The van der Waals surface area contributed by atoms with E-state index >= 15 is 0 Å². The van der Waals surface area contributed by atoms with Gasteiger partial charge in [-0.1, -0.05) is 20.3 Å². The molecule has 0 aromatic carbocycles. The van der Waals surface area contributed by atoms with Crippen LogP contribution in [0.3, 0.4) is 0 Å². The molecule has 0 saturated carbocycles. The molecular weight excluding hydrogens is 314 g/mol. The molecular formula is C13H22ClN3O3S. The Labute approximate surface area is 134 Å². The summed E-state index contributed by atoms with van der Waals surface area (Å²) in [5.74, 6) is -0.797. The first-order chi connectivity index (χ1) is 9.53. The van der Waals surface area contributed by atoms with E-state index in [2.05, 4.69) is 10.3 Å². The summed E-state index contributed by atoms with van der Waals surface area (Å²) in [4.78, 5) is 28.1. The van der Waals surface area contributed by atoms with E-state index in [0.29, 0.717) is 11.6 Å². The maximum absolute atomic E-state index is 12.1. The van der Waals surface area contributed by atoms with Crippen molar-refractivity contribution in [3.63, 3.8) is 0 Å². The average Bonchev–Trinajstić information content (AvgIpc) is 2.92. The second kappa shape index (κ2) is 9.70. The molecule has 1 rings (SSSR count). The Morgan fingerprint density at radius 3 is 2.62 bits per heavy atom. The summed E-state index contributed by atoms with van der Waals surface area (Å²) >= 11 is 1.32. The van der Waals surface area contributed by atoms with Gasteiger partial charge in [0.1, 0.15) is 16.7 Å². The zero-order valence-corrected chi connectivity index (χ0v) is 14.1. The summed E-state index contributed by atoms with van der Waals surface area (Å²) in [6.45, 7) is 6.17. The highest BCUT2D eigenvalue weighted by molar-refractivity contribution is 7.09. The van der Waals surface area contributed by atoms with E-state index < -0.39 is 12.0 Å². The first-order valence-corrected chi connectivity index (χ1v) is 7.53. The van der Waals surface area contributed by atoms with Crippen LogP contribution in [-0.4, -0.2) is 29.5 Å². The van der Waals surface area contributed by atoms with Crippen LogP contribution in [0.1, 0.15) is 42.7 Å².